The number of carbonyl (C=O) groups is 2. The third kappa shape index (κ3) is 3.57. The molecule has 0 bridgehead atoms. The highest BCUT2D eigenvalue weighted by atomic mass is 16.2. The van der Waals surface area contributed by atoms with Crippen molar-refractivity contribution in [3.63, 3.8) is 0 Å². The fourth-order valence-electron chi connectivity index (χ4n) is 4.53. The molecule has 0 saturated heterocycles. The molecule has 2 amide bonds. The number of nitrogens with one attached hydrogen (secondary N) is 2. The average molecular weight is 447 g/mol. The minimum absolute atomic E-state index is 0.00782. The van der Waals surface area contributed by atoms with Crippen molar-refractivity contribution < 1.29 is 9.59 Å². The van der Waals surface area contributed by atoms with Crippen molar-refractivity contribution in [2.45, 2.75) is 12.8 Å². The second kappa shape index (κ2) is 8.12. The molecule has 4 aromatic rings. The van der Waals surface area contributed by atoms with Crippen molar-refractivity contribution in [3.8, 4) is 11.3 Å². The molecule has 2 N–H and O–H groups in total. The normalized spacial score (nSPS) is 13.9. The molecule has 1 aromatic heterocycles. The Balaban J connectivity index is 1.24. The zero-order valence-corrected chi connectivity index (χ0v) is 18.3. The molecular weight excluding hydrogens is 426 g/mol. The monoisotopic (exact) mass is 447 g/mol. The zero-order valence-electron chi connectivity index (χ0n) is 18.3. The summed E-state index contributed by atoms with van der Waals surface area (Å²) < 4.78 is 0. The van der Waals surface area contributed by atoms with Gasteiger partial charge in [-0.2, -0.15) is 0 Å². The Morgan fingerprint density at radius 3 is 2.62 bits per heavy atom. The third-order valence-electron chi connectivity index (χ3n) is 6.19. The summed E-state index contributed by atoms with van der Waals surface area (Å²) in [6.07, 6.45) is 2.79. The average Bonchev–Trinajstić information content (AvgIpc) is 3.23. The van der Waals surface area contributed by atoms with Gasteiger partial charge >= 0.3 is 0 Å². The zero-order chi connectivity index (χ0) is 23.1. The van der Waals surface area contributed by atoms with Gasteiger partial charge in [0.05, 0.1) is 17.8 Å². The number of nitrogens with zero attached hydrogens (tertiary/aromatic N) is 3. The maximum absolute atomic E-state index is 13.1. The van der Waals surface area contributed by atoms with Crippen LogP contribution in [0.4, 0.5) is 23.0 Å². The summed E-state index contributed by atoms with van der Waals surface area (Å²) in [6.45, 7) is 0.694. The summed E-state index contributed by atoms with van der Waals surface area (Å²) in [7, 11) is 0. The molecule has 0 aliphatic carbocycles. The number of carbonyl (C=O) groups excluding carboxylic acids is 2. The van der Waals surface area contributed by atoms with E-state index in [1.165, 1.54) is 5.56 Å². The lowest BCUT2D eigenvalue weighted by atomic mass is 10.1. The van der Waals surface area contributed by atoms with E-state index < -0.39 is 0 Å². The van der Waals surface area contributed by atoms with E-state index in [-0.39, 0.29) is 18.2 Å². The van der Waals surface area contributed by atoms with Crippen molar-refractivity contribution in [2.75, 3.05) is 22.1 Å². The number of fused-ring (bicyclic) bond motifs is 4. The highest BCUT2D eigenvalue weighted by Crippen LogP contribution is 2.33. The van der Waals surface area contributed by atoms with Gasteiger partial charge in [-0.1, -0.05) is 36.4 Å². The second-order valence-corrected chi connectivity index (χ2v) is 8.38. The van der Waals surface area contributed by atoms with Crippen LogP contribution in [-0.4, -0.2) is 28.3 Å². The third-order valence-corrected chi connectivity index (χ3v) is 6.19. The van der Waals surface area contributed by atoms with Gasteiger partial charge in [0.25, 0.3) is 5.91 Å². The largest absolute Gasteiger partial charge is 0.325 e. The molecular formula is C27H21N5O2. The molecule has 7 nitrogen and oxygen atoms in total. The number of hydrogen-bond donors (Lipinski definition) is 2. The van der Waals surface area contributed by atoms with E-state index in [4.69, 9.17) is 4.98 Å². The standard InChI is InChI=1S/C27H21N5O2/c33-24-15-19-16-28-27(31-25(19)21-6-2-3-7-22(21)30-24)29-20-11-9-18(10-12-20)26(34)32-14-13-17-5-1-4-8-23(17)32/h1-12,16H,13-15H2,(H,30,33)(H,28,29,31). The smallest absolute Gasteiger partial charge is 0.258 e. The number of anilines is 4. The molecule has 166 valence electrons. The number of benzene rings is 3. The summed E-state index contributed by atoms with van der Waals surface area (Å²) in [5.41, 5.74) is 6.70. The van der Waals surface area contributed by atoms with Gasteiger partial charge in [0.15, 0.2) is 0 Å². The number of para-hydroxylation sites is 2. The fourth-order valence-corrected chi connectivity index (χ4v) is 4.53. The van der Waals surface area contributed by atoms with Crippen LogP contribution in [0.1, 0.15) is 21.5 Å². The molecule has 6 rings (SSSR count). The lowest BCUT2D eigenvalue weighted by Gasteiger charge is -2.17. The number of aromatic nitrogens is 2. The fraction of sp³-hybridized carbons (Fsp3) is 0.111. The summed E-state index contributed by atoms with van der Waals surface area (Å²) in [5.74, 6) is 0.332. The van der Waals surface area contributed by atoms with Crippen LogP contribution in [0.15, 0.2) is 79.0 Å². The van der Waals surface area contributed by atoms with E-state index in [1.54, 1.807) is 6.20 Å². The topological polar surface area (TPSA) is 87.2 Å². The molecule has 2 aliphatic heterocycles. The summed E-state index contributed by atoms with van der Waals surface area (Å²) in [6, 6.07) is 23.0. The van der Waals surface area contributed by atoms with Gasteiger partial charge in [-0.3, -0.25) is 9.59 Å². The van der Waals surface area contributed by atoms with Crippen molar-refractivity contribution in [1.82, 2.24) is 9.97 Å². The van der Waals surface area contributed by atoms with Crippen molar-refractivity contribution in [2.24, 2.45) is 0 Å². The van der Waals surface area contributed by atoms with Gasteiger partial charge in [-0.15, -0.1) is 0 Å². The Hall–Kier alpha value is -4.52. The Kier molecular flexibility index (Phi) is 4.80. The van der Waals surface area contributed by atoms with E-state index in [2.05, 4.69) is 21.7 Å². The van der Waals surface area contributed by atoms with Gasteiger partial charge in [-0.25, -0.2) is 9.97 Å². The minimum Gasteiger partial charge on any atom is -0.325 e. The highest BCUT2D eigenvalue weighted by molar-refractivity contribution is 6.07. The molecule has 34 heavy (non-hydrogen) atoms. The molecule has 3 heterocycles. The van der Waals surface area contributed by atoms with Gasteiger partial charge in [0.2, 0.25) is 11.9 Å². The van der Waals surface area contributed by atoms with E-state index in [1.807, 2.05) is 71.6 Å². The number of hydrogen-bond acceptors (Lipinski definition) is 5. The van der Waals surface area contributed by atoms with E-state index in [0.717, 1.165) is 40.3 Å². The van der Waals surface area contributed by atoms with E-state index >= 15 is 0 Å². The Morgan fingerprint density at radius 2 is 1.74 bits per heavy atom. The van der Waals surface area contributed by atoms with Crippen LogP contribution in [0.5, 0.6) is 0 Å². The molecule has 0 spiro atoms. The predicted octanol–water partition coefficient (Wildman–Crippen LogP) is 4.58. The summed E-state index contributed by atoms with van der Waals surface area (Å²) in [4.78, 5) is 36.2. The van der Waals surface area contributed by atoms with Crippen LogP contribution in [0, 0.1) is 0 Å². The Labute approximate surface area is 196 Å². The maximum atomic E-state index is 13.1. The molecule has 0 atom stereocenters. The molecule has 7 heteroatoms. The minimum atomic E-state index is -0.0867. The van der Waals surface area contributed by atoms with Gasteiger partial charge in [0, 0.05) is 40.8 Å². The van der Waals surface area contributed by atoms with Crippen LogP contribution in [0.3, 0.4) is 0 Å². The van der Waals surface area contributed by atoms with Crippen LogP contribution in [0.2, 0.25) is 0 Å². The predicted molar refractivity (Wildman–Crippen MR) is 131 cm³/mol. The SMILES string of the molecule is O=C1Cc2cnc(Nc3ccc(C(=O)N4CCc5ccccc54)cc3)nc2-c2ccccc2N1. The van der Waals surface area contributed by atoms with Crippen molar-refractivity contribution in [1.29, 1.82) is 0 Å². The molecule has 0 saturated carbocycles. The molecule has 2 aliphatic rings. The van der Waals surface area contributed by atoms with Crippen LogP contribution < -0.4 is 15.5 Å². The quantitative estimate of drug-likeness (QED) is 0.480. The maximum Gasteiger partial charge on any atom is 0.258 e. The highest BCUT2D eigenvalue weighted by Gasteiger charge is 2.25. The summed E-state index contributed by atoms with van der Waals surface area (Å²) in [5, 5.41) is 6.14. The first-order valence-electron chi connectivity index (χ1n) is 11.2. The molecule has 3 aromatic carbocycles. The Bertz CT molecular complexity index is 1430. The first kappa shape index (κ1) is 20.1. The van der Waals surface area contributed by atoms with Crippen LogP contribution in [-0.2, 0) is 17.6 Å². The number of rotatable bonds is 3. The van der Waals surface area contributed by atoms with Gasteiger partial charge < -0.3 is 15.5 Å². The van der Waals surface area contributed by atoms with E-state index in [0.29, 0.717) is 18.1 Å². The first-order chi connectivity index (χ1) is 16.7. The lowest BCUT2D eigenvalue weighted by Crippen LogP contribution is -2.28. The van der Waals surface area contributed by atoms with Crippen molar-refractivity contribution in [3.05, 3.63) is 95.7 Å². The first-order valence-corrected chi connectivity index (χ1v) is 11.2. The number of amides is 2. The van der Waals surface area contributed by atoms with Gasteiger partial charge in [-0.05, 0) is 48.4 Å². The van der Waals surface area contributed by atoms with Gasteiger partial charge in [0.1, 0.15) is 0 Å². The van der Waals surface area contributed by atoms with Crippen LogP contribution >= 0.6 is 0 Å². The van der Waals surface area contributed by atoms with E-state index in [9.17, 15) is 9.59 Å². The Morgan fingerprint density at radius 1 is 0.941 bits per heavy atom. The summed E-state index contributed by atoms with van der Waals surface area (Å²) >= 11 is 0. The van der Waals surface area contributed by atoms with Crippen molar-refractivity contribution >= 4 is 34.8 Å². The molecule has 0 unspecified atom stereocenters. The molecule has 0 fully saturated rings. The lowest BCUT2D eigenvalue weighted by molar-refractivity contribution is -0.115. The van der Waals surface area contributed by atoms with Crippen LogP contribution in [0.25, 0.3) is 11.3 Å². The second-order valence-electron chi connectivity index (χ2n) is 8.38. The molecule has 0 radical (unpaired) electrons.